The largest absolute Gasteiger partial charge is 0.376 e. The highest BCUT2D eigenvalue weighted by Gasteiger charge is 2.45. The molecule has 3 atom stereocenters. The van der Waals surface area contributed by atoms with Crippen LogP contribution >= 0.6 is 0 Å². The fourth-order valence-corrected chi connectivity index (χ4v) is 4.60. The van der Waals surface area contributed by atoms with Crippen LogP contribution in [0, 0.1) is 11.8 Å². The van der Waals surface area contributed by atoms with Gasteiger partial charge in [-0.15, -0.1) is 0 Å². The number of aryl methyl sites for hydroxylation is 1. The Labute approximate surface area is 174 Å². The van der Waals surface area contributed by atoms with E-state index < -0.39 is 0 Å². The maximum Gasteiger partial charge on any atom is 0.253 e. The summed E-state index contributed by atoms with van der Waals surface area (Å²) in [6.07, 6.45) is 5.24. The molecular weight excluding hydrogens is 380 g/mol. The number of nitrogens with zero attached hydrogens (tertiary/aromatic N) is 3. The van der Waals surface area contributed by atoms with Crippen LogP contribution in [0.1, 0.15) is 20.7 Å². The number of likely N-dealkylation sites (tertiary alicyclic amines) is 1. The van der Waals surface area contributed by atoms with Gasteiger partial charge in [0.15, 0.2) is 0 Å². The summed E-state index contributed by atoms with van der Waals surface area (Å²) < 4.78 is 8.00. The van der Waals surface area contributed by atoms with Crippen molar-refractivity contribution in [2.45, 2.75) is 6.10 Å². The van der Waals surface area contributed by atoms with Crippen LogP contribution in [0.25, 0.3) is 10.9 Å². The highest BCUT2D eigenvalue weighted by Crippen LogP contribution is 2.34. The van der Waals surface area contributed by atoms with Crippen molar-refractivity contribution >= 4 is 22.7 Å². The van der Waals surface area contributed by atoms with Gasteiger partial charge in [0.25, 0.3) is 11.8 Å². The molecule has 0 saturated carbocycles. The van der Waals surface area contributed by atoms with Crippen LogP contribution in [0.5, 0.6) is 0 Å². The van der Waals surface area contributed by atoms with Crippen LogP contribution in [-0.2, 0) is 11.8 Å². The molecule has 0 radical (unpaired) electrons. The van der Waals surface area contributed by atoms with Crippen LogP contribution in [0.15, 0.2) is 55.0 Å². The summed E-state index contributed by atoms with van der Waals surface area (Å²) in [7, 11) is 2.00. The number of carbonyl (C=O) groups is 2. The molecule has 0 bridgehead atoms. The third-order valence-electron chi connectivity index (χ3n) is 6.31. The van der Waals surface area contributed by atoms with E-state index >= 15 is 0 Å². The molecule has 7 heteroatoms. The van der Waals surface area contributed by atoms with Crippen LogP contribution < -0.4 is 5.32 Å². The molecule has 2 saturated heterocycles. The Morgan fingerprint density at radius 2 is 2.10 bits per heavy atom. The summed E-state index contributed by atoms with van der Waals surface area (Å²) in [5.74, 6) is 0.346. The van der Waals surface area contributed by atoms with Gasteiger partial charge in [-0.2, -0.15) is 0 Å². The van der Waals surface area contributed by atoms with Crippen molar-refractivity contribution in [3.8, 4) is 0 Å². The zero-order valence-corrected chi connectivity index (χ0v) is 16.8. The Balaban J connectivity index is 1.23. The number of rotatable bonds is 4. The van der Waals surface area contributed by atoms with Crippen LogP contribution in [-0.4, -0.2) is 58.6 Å². The average Bonchev–Trinajstić information content (AvgIpc) is 3.47. The lowest BCUT2D eigenvalue weighted by Gasteiger charge is -2.20. The molecule has 4 heterocycles. The van der Waals surface area contributed by atoms with E-state index in [0.717, 1.165) is 10.9 Å². The van der Waals surface area contributed by atoms with Crippen molar-refractivity contribution < 1.29 is 14.3 Å². The number of benzene rings is 1. The van der Waals surface area contributed by atoms with Gasteiger partial charge in [-0.25, -0.2) is 0 Å². The lowest BCUT2D eigenvalue weighted by Crippen LogP contribution is -2.35. The van der Waals surface area contributed by atoms with E-state index in [-0.39, 0.29) is 29.8 Å². The van der Waals surface area contributed by atoms with E-state index in [4.69, 9.17) is 4.74 Å². The van der Waals surface area contributed by atoms with Gasteiger partial charge >= 0.3 is 0 Å². The molecule has 2 aliphatic rings. The first kappa shape index (κ1) is 18.8. The monoisotopic (exact) mass is 404 g/mol. The molecule has 2 fully saturated rings. The fraction of sp³-hybridized carbons (Fsp3) is 0.348. The minimum absolute atomic E-state index is 0.0368. The Morgan fingerprint density at radius 1 is 1.20 bits per heavy atom. The maximum atomic E-state index is 13.1. The Bertz CT molecular complexity index is 1090. The minimum Gasteiger partial charge on any atom is -0.376 e. The van der Waals surface area contributed by atoms with Crippen molar-refractivity contribution in [2.75, 3.05) is 26.2 Å². The van der Waals surface area contributed by atoms with Crippen LogP contribution in [0.4, 0.5) is 0 Å². The number of pyridine rings is 1. The predicted molar refractivity (Wildman–Crippen MR) is 112 cm³/mol. The standard InChI is InChI=1S/C23H24N4O3/c1-26-8-6-15-9-16(4-5-20(15)26)23(29)27-12-19-18(14-30-21(19)13-27)11-25-22(28)17-3-2-7-24-10-17/h2-10,18-19,21H,11-14H2,1H3,(H,25,28)/t18-,19-,21-/m1/s1. The molecule has 7 nitrogen and oxygen atoms in total. The van der Waals surface area contributed by atoms with Gasteiger partial charge in [0.1, 0.15) is 0 Å². The van der Waals surface area contributed by atoms with Gasteiger partial charge in [0, 0.05) is 73.6 Å². The Hall–Kier alpha value is -3.19. The van der Waals surface area contributed by atoms with Crippen molar-refractivity contribution in [3.63, 3.8) is 0 Å². The van der Waals surface area contributed by atoms with Crippen molar-refractivity contribution in [3.05, 3.63) is 66.1 Å². The molecule has 2 amide bonds. The highest BCUT2D eigenvalue weighted by molar-refractivity contribution is 5.98. The van der Waals surface area contributed by atoms with E-state index in [0.29, 0.717) is 37.4 Å². The van der Waals surface area contributed by atoms with E-state index in [1.807, 2.05) is 47.0 Å². The van der Waals surface area contributed by atoms with E-state index in [2.05, 4.69) is 10.3 Å². The zero-order chi connectivity index (χ0) is 20.7. The van der Waals surface area contributed by atoms with Gasteiger partial charge in [0.2, 0.25) is 0 Å². The summed E-state index contributed by atoms with van der Waals surface area (Å²) >= 11 is 0. The maximum absolute atomic E-state index is 13.1. The molecule has 5 rings (SSSR count). The molecule has 154 valence electrons. The smallest absolute Gasteiger partial charge is 0.253 e. The lowest BCUT2D eigenvalue weighted by atomic mass is 9.93. The van der Waals surface area contributed by atoms with Gasteiger partial charge in [-0.05, 0) is 36.4 Å². The molecule has 3 aromatic rings. The summed E-state index contributed by atoms with van der Waals surface area (Å²) in [4.78, 5) is 31.2. The number of carbonyl (C=O) groups excluding carboxylic acids is 2. The first-order valence-electron chi connectivity index (χ1n) is 10.2. The Morgan fingerprint density at radius 3 is 2.93 bits per heavy atom. The molecular formula is C23H24N4O3. The Kier molecular flexibility index (Phi) is 4.75. The summed E-state index contributed by atoms with van der Waals surface area (Å²) in [6.45, 7) is 2.40. The van der Waals surface area contributed by atoms with Gasteiger partial charge < -0.3 is 19.5 Å². The lowest BCUT2D eigenvalue weighted by molar-refractivity contribution is 0.0675. The third kappa shape index (κ3) is 3.35. The van der Waals surface area contributed by atoms with Crippen LogP contribution in [0.2, 0.25) is 0 Å². The molecule has 0 spiro atoms. The zero-order valence-electron chi connectivity index (χ0n) is 16.8. The third-order valence-corrected chi connectivity index (χ3v) is 6.31. The second-order valence-electron chi connectivity index (χ2n) is 8.16. The van der Waals surface area contributed by atoms with E-state index in [1.165, 1.54) is 0 Å². The normalized spacial score (nSPS) is 23.0. The summed E-state index contributed by atoms with van der Waals surface area (Å²) in [5.41, 5.74) is 2.36. The number of hydrogen-bond donors (Lipinski definition) is 1. The molecule has 1 N–H and O–H groups in total. The number of aromatic nitrogens is 2. The molecule has 0 aliphatic carbocycles. The molecule has 30 heavy (non-hydrogen) atoms. The van der Waals surface area contributed by atoms with Gasteiger partial charge in [0.05, 0.1) is 18.3 Å². The van der Waals surface area contributed by atoms with E-state index in [9.17, 15) is 9.59 Å². The summed E-state index contributed by atoms with van der Waals surface area (Å²) in [6, 6.07) is 11.4. The fourth-order valence-electron chi connectivity index (χ4n) is 4.60. The number of fused-ring (bicyclic) bond motifs is 2. The first-order valence-corrected chi connectivity index (χ1v) is 10.2. The molecule has 0 unspecified atom stereocenters. The topological polar surface area (TPSA) is 76.5 Å². The minimum atomic E-state index is -0.131. The average molecular weight is 404 g/mol. The van der Waals surface area contributed by atoms with Gasteiger partial charge in [-0.1, -0.05) is 0 Å². The number of amides is 2. The number of nitrogens with one attached hydrogen (secondary N) is 1. The van der Waals surface area contributed by atoms with Crippen molar-refractivity contribution in [1.29, 1.82) is 0 Å². The second kappa shape index (κ2) is 7.57. The predicted octanol–water partition coefficient (Wildman–Crippen LogP) is 2.09. The van der Waals surface area contributed by atoms with Crippen molar-refractivity contribution in [2.24, 2.45) is 18.9 Å². The SMILES string of the molecule is Cn1ccc2cc(C(=O)N3C[C@@H]4[C@H](CNC(=O)c5cccnc5)CO[C@@H]4C3)ccc21. The van der Waals surface area contributed by atoms with Crippen molar-refractivity contribution in [1.82, 2.24) is 19.8 Å². The summed E-state index contributed by atoms with van der Waals surface area (Å²) in [5, 5.41) is 4.05. The number of hydrogen-bond acceptors (Lipinski definition) is 4. The second-order valence-corrected chi connectivity index (χ2v) is 8.16. The highest BCUT2D eigenvalue weighted by atomic mass is 16.5. The first-order chi connectivity index (χ1) is 14.6. The molecule has 1 aromatic carbocycles. The molecule has 2 aromatic heterocycles. The van der Waals surface area contributed by atoms with Crippen LogP contribution in [0.3, 0.4) is 0 Å². The molecule has 2 aliphatic heterocycles. The van der Waals surface area contributed by atoms with Gasteiger partial charge in [-0.3, -0.25) is 14.6 Å². The van der Waals surface area contributed by atoms with E-state index in [1.54, 1.807) is 24.5 Å². The number of ether oxygens (including phenoxy) is 1. The quantitative estimate of drug-likeness (QED) is 0.723.